The van der Waals surface area contributed by atoms with E-state index in [1.165, 1.54) is 12.4 Å². The van der Waals surface area contributed by atoms with Gasteiger partial charge in [-0.3, -0.25) is 0 Å². The summed E-state index contributed by atoms with van der Waals surface area (Å²) in [6.07, 6.45) is 2.82. The van der Waals surface area contributed by atoms with E-state index in [0.717, 1.165) is 43.5 Å². The van der Waals surface area contributed by atoms with Crippen LogP contribution in [0.3, 0.4) is 0 Å². The number of carbonyl (C=O) groups is 1. The van der Waals surface area contributed by atoms with Gasteiger partial charge in [-0.1, -0.05) is 13.8 Å². The Morgan fingerprint density at radius 2 is 1.68 bits per heavy atom. The normalized spacial score (nSPS) is 14.9. The van der Waals surface area contributed by atoms with E-state index < -0.39 is 5.97 Å². The lowest BCUT2D eigenvalue weighted by molar-refractivity contribution is 0.0690. The van der Waals surface area contributed by atoms with Crippen LogP contribution in [0.15, 0.2) is 18.5 Å². The first-order valence-corrected chi connectivity index (χ1v) is 8.35. The van der Waals surface area contributed by atoms with Crippen LogP contribution in [0.1, 0.15) is 41.8 Å². The maximum absolute atomic E-state index is 10.9. The Hall–Kier alpha value is -2.77. The first-order valence-electron chi connectivity index (χ1n) is 8.35. The Morgan fingerprint density at radius 3 is 2.20 bits per heavy atom. The number of hydrogen-bond acceptors (Lipinski definition) is 7. The second-order valence-corrected chi connectivity index (χ2v) is 6.42. The summed E-state index contributed by atoms with van der Waals surface area (Å²) < 4.78 is 0. The zero-order chi connectivity index (χ0) is 18.0. The molecule has 1 N–H and O–H groups in total. The van der Waals surface area contributed by atoms with Gasteiger partial charge in [0.2, 0.25) is 0 Å². The summed E-state index contributed by atoms with van der Waals surface area (Å²) in [4.78, 5) is 32.5. The fourth-order valence-electron chi connectivity index (χ4n) is 2.75. The number of hydrogen-bond donors (Lipinski definition) is 1. The highest BCUT2D eigenvalue weighted by Crippen LogP contribution is 2.20. The van der Waals surface area contributed by atoms with Crippen LogP contribution in [0.25, 0.3) is 0 Å². The van der Waals surface area contributed by atoms with Crippen molar-refractivity contribution < 1.29 is 9.90 Å². The van der Waals surface area contributed by atoms with Crippen LogP contribution in [0.5, 0.6) is 0 Å². The number of carboxylic acid groups (broad SMARTS) is 1. The van der Waals surface area contributed by atoms with Gasteiger partial charge in [-0.15, -0.1) is 0 Å². The zero-order valence-electron chi connectivity index (χ0n) is 14.7. The van der Waals surface area contributed by atoms with Crippen LogP contribution < -0.4 is 9.80 Å². The van der Waals surface area contributed by atoms with Crippen molar-refractivity contribution in [1.29, 1.82) is 0 Å². The number of anilines is 2. The van der Waals surface area contributed by atoms with Crippen molar-refractivity contribution in [3.63, 3.8) is 0 Å². The Bertz CT molecular complexity index is 754. The number of carboxylic acids is 1. The minimum atomic E-state index is -1.07. The molecule has 0 spiro atoms. The molecule has 0 atom stereocenters. The minimum Gasteiger partial charge on any atom is -0.476 e. The van der Waals surface area contributed by atoms with Crippen molar-refractivity contribution in [2.24, 2.45) is 0 Å². The van der Waals surface area contributed by atoms with Crippen LogP contribution in [0.2, 0.25) is 0 Å². The van der Waals surface area contributed by atoms with Crippen LogP contribution in [-0.4, -0.2) is 57.2 Å². The summed E-state index contributed by atoms with van der Waals surface area (Å²) in [7, 11) is 0. The molecular formula is C17H22N6O2. The average molecular weight is 342 g/mol. The lowest BCUT2D eigenvalue weighted by Crippen LogP contribution is -2.47. The molecule has 3 rings (SSSR count). The van der Waals surface area contributed by atoms with Crippen LogP contribution in [-0.2, 0) is 0 Å². The van der Waals surface area contributed by atoms with Gasteiger partial charge in [-0.25, -0.2) is 24.7 Å². The zero-order valence-corrected chi connectivity index (χ0v) is 14.7. The molecule has 8 nitrogen and oxygen atoms in total. The summed E-state index contributed by atoms with van der Waals surface area (Å²) in [5.74, 6) is 1.76. The van der Waals surface area contributed by atoms with Gasteiger partial charge in [0, 0.05) is 43.9 Å². The predicted octanol–water partition coefficient (Wildman–Crippen LogP) is 1.72. The molecule has 1 aliphatic heterocycles. The maximum Gasteiger partial charge on any atom is 0.356 e. The Morgan fingerprint density at radius 1 is 1.04 bits per heavy atom. The van der Waals surface area contributed by atoms with E-state index in [9.17, 15) is 4.79 Å². The summed E-state index contributed by atoms with van der Waals surface area (Å²) in [5, 5.41) is 8.90. The average Bonchev–Trinajstić information content (AvgIpc) is 2.61. The topological polar surface area (TPSA) is 95.3 Å². The molecule has 0 saturated carbocycles. The molecule has 0 amide bonds. The van der Waals surface area contributed by atoms with Gasteiger partial charge in [0.1, 0.15) is 17.5 Å². The van der Waals surface area contributed by atoms with Gasteiger partial charge >= 0.3 is 5.97 Å². The van der Waals surface area contributed by atoms with Gasteiger partial charge in [-0.2, -0.15) is 0 Å². The molecule has 1 aliphatic rings. The molecule has 132 valence electrons. The number of aromatic nitrogens is 4. The third kappa shape index (κ3) is 3.84. The van der Waals surface area contributed by atoms with Crippen LogP contribution in [0, 0.1) is 6.92 Å². The van der Waals surface area contributed by atoms with E-state index >= 15 is 0 Å². The van der Waals surface area contributed by atoms with E-state index in [4.69, 9.17) is 5.11 Å². The third-order valence-electron chi connectivity index (χ3n) is 4.16. The molecule has 25 heavy (non-hydrogen) atoms. The number of piperazine rings is 1. The third-order valence-corrected chi connectivity index (χ3v) is 4.16. The molecule has 2 aromatic heterocycles. The lowest BCUT2D eigenvalue weighted by atomic mass is 10.2. The molecule has 0 bridgehead atoms. The van der Waals surface area contributed by atoms with Gasteiger partial charge in [-0.05, 0) is 6.92 Å². The summed E-state index contributed by atoms with van der Waals surface area (Å²) in [5.41, 5.74) is 0.936. The quantitative estimate of drug-likeness (QED) is 0.897. The summed E-state index contributed by atoms with van der Waals surface area (Å²) in [6, 6.07) is 2.02. The number of aryl methyl sites for hydroxylation is 1. The number of nitrogens with zero attached hydrogens (tertiary/aromatic N) is 6. The minimum absolute atomic E-state index is 0.0416. The fourth-order valence-corrected chi connectivity index (χ4v) is 2.75. The SMILES string of the molecule is Cc1cc(N2CCN(c3cnc(C(=O)O)cn3)CC2)nc(C(C)C)n1. The monoisotopic (exact) mass is 342 g/mol. The van der Waals surface area contributed by atoms with Crippen molar-refractivity contribution in [2.45, 2.75) is 26.7 Å². The first-order chi connectivity index (χ1) is 11.9. The van der Waals surface area contributed by atoms with E-state index in [-0.39, 0.29) is 5.69 Å². The molecule has 0 aliphatic carbocycles. The van der Waals surface area contributed by atoms with E-state index in [1.807, 2.05) is 13.0 Å². The van der Waals surface area contributed by atoms with Crippen molar-refractivity contribution in [1.82, 2.24) is 19.9 Å². The lowest BCUT2D eigenvalue weighted by Gasteiger charge is -2.36. The highest BCUT2D eigenvalue weighted by atomic mass is 16.4. The van der Waals surface area contributed by atoms with E-state index in [2.05, 4.69) is 43.6 Å². The van der Waals surface area contributed by atoms with Crippen molar-refractivity contribution >= 4 is 17.6 Å². The van der Waals surface area contributed by atoms with Crippen molar-refractivity contribution in [3.8, 4) is 0 Å². The van der Waals surface area contributed by atoms with Crippen LogP contribution in [0.4, 0.5) is 11.6 Å². The van der Waals surface area contributed by atoms with Gasteiger partial charge in [0.05, 0.1) is 12.4 Å². The maximum atomic E-state index is 10.9. The molecule has 0 unspecified atom stereocenters. The molecule has 1 fully saturated rings. The predicted molar refractivity (Wildman–Crippen MR) is 94.3 cm³/mol. The second kappa shape index (κ2) is 7.00. The highest BCUT2D eigenvalue weighted by Gasteiger charge is 2.21. The van der Waals surface area contributed by atoms with Crippen LogP contribution >= 0.6 is 0 Å². The van der Waals surface area contributed by atoms with Gasteiger partial charge in [0.25, 0.3) is 0 Å². The second-order valence-electron chi connectivity index (χ2n) is 6.42. The number of aromatic carboxylic acids is 1. The van der Waals surface area contributed by atoms with E-state index in [0.29, 0.717) is 11.7 Å². The highest BCUT2D eigenvalue weighted by molar-refractivity contribution is 5.84. The molecule has 0 aromatic carbocycles. The van der Waals surface area contributed by atoms with Gasteiger partial charge in [0.15, 0.2) is 5.69 Å². The molecule has 1 saturated heterocycles. The summed E-state index contributed by atoms with van der Waals surface area (Å²) >= 11 is 0. The first kappa shape index (κ1) is 17.1. The Balaban J connectivity index is 1.68. The summed E-state index contributed by atoms with van der Waals surface area (Å²) in [6.45, 7) is 9.37. The molecular weight excluding hydrogens is 320 g/mol. The Kier molecular flexibility index (Phi) is 4.78. The van der Waals surface area contributed by atoms with E-state index in [1.54, 1.807) is 0 Å². The fraction of sp³-hybridized carbons (Fsp3) is 0.471. The molecule has 0 radical (unpaired) electrons. The smallest absolute Gasteiger partial charge is 0.356 e. The molecule has 3 heterocycles. The molecule has 8 heteroatoms. The molecule has 2 aromatic rings. The Labute approximate surface area is 146 Å². The van der Waals surface area contributed by atoms with Gasteiger partial charge < -0.3 is 14.9 Å². The van der Waals surface area contributed by atoms with Crippen molar-refractivity contribution in [3.05, 3.63) is 35.7 Å². The van der Waals surface area contributed by atoms with Crippen molar-refractivity contribution in [2.75, 3.05) is 36.0 Å². The largest absolute Gasteiger partial charge is 0.476 e. The standard InChI is InChI=1S/C17H22N6O2/c1-11(2)16-20-12(3)8-14(21-16)22-4-6-23(7-5-22)15-10-18-13(9-19-15)17(24)25/h8-11H,4-7H2,1-3H3,(H,24,25). The number of rotatable bonds is 4.